The highest BCUT2D eigenvalue weighted by atomic mass is 16.4. The van der Waals surface area contributed by atoms with Gasteiger partial charge in [-0.3, -0.25) is 0 Å². The van der Waals surface area contributed by atoms with Crippen LogP contribution in [0.25, 0.3) is 0 Å². The molecule has 0 saturated carbocycles. The summed E-state index contributed by atoms with van der Waals surface area (Å²) in [7, 11) is 0. The molecular formula is C18H38O4. The first kappa shape index (κ1) is 21.8. The van der Waals surface area contributed by atoms with Crippen molar-refractivity contribution >= 4 is 0 Å². The summed E-state index contributed by atoms with van der Waals surface area (Å²) >= 11 is 0. The van der Waals surface area contributed by atoms with Gasteiger partial charge in [0.05, 0.1) is 12.7 Å². The van der Waals surface area contributed by atoms with Gasteiger partial charge in [0, 0.05) is 0 Å². The van der Waals surface area contributed by atoms with Crippen LogP contribution in [0.2, 0.25) is 0 Å². The minimum absolute atomic E-state index is 0.482. The molecule has 4 N–H and O–H groups in total. The molecule has 134 valence electrons. The summed E-state index contributed by atoms with van der Waals surface area (Å²) in [6.45, 7) is 1.73. The molecule has 0 unspecified atom stereocenters. The first-order chi connectivity index (χ1) is 10.6. The average molecular weight is 318 g/mol. The molecule has 3 atom stereocenters. The Morgan fingerprint density at radius 2 is 1.00 bits per heavy atom. The predicted octanol–water partition coefficient (Wildman–Crippen LogP) is 3.15. The lowest BCUT2D eigenvalue weighted by Gasteiger charge is -2.21. The largest absolute Gasteiger partial charge is 0.394 e. The smallest absolute Gasteiger partial charge is 0.108 e. The molecule has 4 heteroatoms. The van der Waals surface area contributed by atoms with E-state index in [0.717, 1.165) is 12.8 Å². The third kappa shape index (κ3) is 12.4. The topological polar surface area (TPSA) is 80.9 Å². The van der Waals surface area contributed by atoms with Crippen molar-refractivity contribution < 1.29 is 20.4 Å². The molecule has 0 saturated heterocycles. The molecular weight excluding hydrogens is 280 g/mol. The zero-order valence-electron chi connectivity index (χ0n) is 14.4. The molecule has 0 bridgehead atoms. The van der Waals surface area contributed by atoms with Gasteiger partial charge in [-0.15, -0.1) is 0 Å². The van der Waals surface area contributed by atoms with E-state index in [1.807, 2.05) is 0 Å². The van der Waals surface area contributed by atoms with E-state index in [9.17, 15) is 15.3 Å². The third-order valence-corrected chi connectivity index (χ3v) is 4.33. The zero-order chi connectivity index (χ0) is 16.6. The van der Waals surface area contributed by atoms with Crippen LogP contribution in [-0.4, -0.2) is 45.3 Å². The van der Waals surface area contributed by atoms with Crippen LogP contribution in [-0.2, 0) is 0 Å². The molecule has 0 amide bonds. The summed E-state index contributed by atoms with van der Waals surface area (Å²) in [5.74, 6) is 0. The van der Waals surface area contributed by atoms with Gasteiger partial charge in [0.15, 0.2) is 0 Å². The Balaban J connectivity index is 3.26. The summed E-state index contributed by atoms with van der Waals surface area (Å²) in [5.41, 5.74) is 0. The van der Waals surface area contributed by atoms with E-state index in [1.165, 1.54) is 64.2 Å². The highest BCUT2D eigenvalue weighted by molar-refractivity contribution is 4.74. The van der Waals surface area contributed by atoms with Crippen molar-refractivity contribution in [1.29, 1.82) is 0 Å². The van der Waals surface area contributed by atoms with E-state index in [2.05, 4.69) is 6.92 Å². The maximum Gasteiger partial charge on any atom is 0.108 e. The highest BCUT2D eigenvalue weighted by Crippen LogP contribution is 2.14. The lowest BCUT2D eigenvalue weighted by molar-refractivity contribution is -0.0787. The van der Waals surface area contributed by atoms with Gasteiger partial charge in [0.1, 0.15) is 12.2 Å². The molecule has 0 fully saturated rings. The van der Waals surface area contributed by atoms with Crippen LogP contribution in [0.1, 0.15) is 90.4 Å². The second-order valence-electron chi connectivity index (χ2n) is 6.49. The molecule has 4 nitrogen and oxygen atoms in total. The molecule has 0 aliphatic carbocycles. The van der Waals surface area contributed by atoms with Crippen molar-refractivity contribution in [3.63, 3.8) is 0 Å². The van der Waals surface area contributed by atoms with Gasteiger partial charge < -0.3 is 20.4 Å². The van der Waals surface area contributed by atoms with Crippen LogP contribution in [0.5, 0.6) is 0 Å². The molecule has 0 aliphatic rings. The molecule has 0 aromatic carbocycles. The Morgan fingerprint density at radius 3 is 1.41 bits per heavy atom. The summed E-state index contributed by atoms with van der Waals surface area (Å²) in [6.07, 6.45) is 12.2. The quantitative estimate of drug-likeness (QED) is 0.330. The number of hydrogen-bond donors (Lipinski definition) is 4. The van der Waals surface area contributed by atoms with Gasteiger partial charge in [-0.2, -0.15) is 0 Å². The Morgan fingerprint density at radius 1 is 0.591 bits per heavy atom. The van der Waals surface area contributed by atoms with Gasteiger partial charge >= 0.3 is 0 Å². The van der Waals surface area contributed by atoms with Crippen molar-refractivity contribution in [2.45, 2.75) is 109 Å². The highest BCUT2D eigenvalue weighted by Gasteiger charge is 2.23. The Hall–Kier alpha value is -0.160. The Labute approximate surface area is 136 Å². The number of rotatable bonds is 16. The minimum Gasteiger partial charge on any atom is -0.394 e. The van der Waals surface area contributed by atoms with Crippen LogP contribution >= 0.6 is 0 Å². The van der Waals surface area contributed by atoms with Crippen molar-refractivity contribution in [3.05, 3.63) is 0 Å². The molecule has 0 aliphatic heterocycles. The van der Waals surface area contributed by atoms with Crippen molar-refractivity contribution in [2.24, 2.45) is 0 Å². The number of hydrogen-bond acceptors (Lipinski definition) is 4. The number of aliphatic hydroxyl groups is 4. The predicted molar refractivity (Wildman–Crippen MR) is 90.8 cm³/mol. The summed E-state index contributed by atoms with van der Waals surface area (Å²) in [6, 6.07) is 0. The van der Waals surface area contributed by atoms with Crippen LogP contribution in [0.3, 0.4) is 0 Å². The van der Waals surface area contributed by atoms with Crippen LogP contribution in [0, 0.1) is 0 Å². The fraction of sp³-hybridized carbons (Fsp3) is 1.00. The average Bonchev–Trinajstić information content (AvgIpc) is 2.54. The minimum atomic E-state index is -1.24. The van der Waals surface area contributed by atoms with Gasteiger partial charge in [-0.05, 0) is 6.42 Å². The molecule has 0 aromatic rings. The molecule has 0 aromatic heterocycles. The monoisotopic (exact) mass is 318 g/mol. The van der Waals surface area contributed by atoms with Gasteiger partial charge in [0.2, 0.25) is 0 Å². The Bertz CT molecular complexity index is 223. The van der Waals surface area contributed by atoms with Crippen molar-refractivity contribution in [3.8, 4) is 0 Å². The second kappa shape index (κ2) is 15.7. The van der Waals surface area contributed by atoms with Crippen LogP contribution in [0.4, 0.5) is 0 Å². The van der Waals surface area contributed by atoms with Crippen molar-refractivity contribution in [1.82, 2.24) is 0 Å². The van der Waals surface area contributed by atoms with E-state index in [0.29, 0.717) is 6.42 Å². The third-order valence-electron chi connectivity index (χ3n) is 4.33. The normalized spacial score (nSPS) is 15.7. The van der Waals surface area contributed by atoms with Crippen molar-refractivity contribution in [2.75, 3.05) is 6.61 Å². The van der Waals surface area contributed by atoms with E-state index in [-0.39, 0.29) is 0 Å². The second-order valence-corrected chi connectivity index (χ2v) is 6.49. The molecule has 0 radical (unpaired) electrons. The zero-order valence-corrected chi connectivity index (χ0v) is 14.4. The fourth-order valence-electron chi connectivity index (χ4n) is 2.73. The summed E-state index contributed by atoms with van der Waals surface area (Å²) in [4.78, 5) is 0. The summed E-state index contributed by atoms with van der Waals surface area (Å²) < 4.78 is 0. The first-order valence-electron chi connectivity index (χ1n) is 9.28. The molecule has 0 heterocycles. The van der Waals surface area contributed by atoms with E-state index < -0.39 is 24.9 Å². The van der Waals surface area contributed by atoms with E-state index in [1.54, 1.807) is 0 Å². The van der Waals surface area contributed by atoms with E-state index >= 15 is 0 Å². The molecule has 22 heavy (non-hydrogen) atoms. The summed E-state index contributed by atoms with van der Waals surface area (Å²) in [5, 5.41) is 37.1. The van der Waals surface area contributed by atoms with E-state index in [4.69, 9.17) is 5.11 Å². The van der Waals surface area contributed by atoms with Crippen LogP contribution in [0.15, 0.2) is 0 Å². The number of aliphatic hydroxyl groups excluding tert-OH is 4. The SMILES string of the molecule is CCCCCCCCCCCCCC[C@H](O)[C@H](O)[C@H](O)CO. The lowest BCUT2D eigenvalue weighted by atomic mass is 10.0. The van der Waals surface area contributed by atoms with Gasteiger partial charge in [-0.25, -0.2) is 0 Å². The molecule has 0 rings (SSSR count). The standard InChI is InChI=1S/C18H38O4/c1-2-3-4-5-6-7-8-9-10-11-12-13-14-16(20)18(22)17(21)15-19/h16-22H,2-15H2,1H3/t16-,17+,18-/m0/s1. The fourth-order valence-corrected chi connectivity index (χ4v) is 2.73. The van der Waals surface area contributed by atoms with Crippen LogP contribution < -0.4 is 0 Å². The first-order valence-corrected chi connectivity index (χ1v) is 9.28. The maximum absolute atomic E-state index is 9.66. The lowest BCUT2D eigenvalue weighted by Crippen LogP contribution is -2.39. The Kier molecular flexibility index (Phi) is 15.6. The van der Waals surface area contributed by atoms with Gasteiger partial charge in [0.25, 0.3) is 0 Å². The maximum atomic E-state index is 9.66. The molecule has 0 spiro atoms. The van der Waals surface area contributed by atoms with Gasteiger partial charge in [-0.1, -0.05) is 84.0 Å². The number of unbranched alkanes of at least 4 members (excludes halogenated alkanes) is 11.